The fraction of sp³-hybridized carbons (Fsp3) is 0.125. The molecule has 168 valence electrons. The smallest absolute Gasteiger partial charge is 0.234 e. The lowest BCUT2D eigenvalue weighted by Gasteiger charge is -2.11. The van der Waals surface area contributed by atoms with Crippen LogP contribution >= 0.6 is 35.0 Å². The number of anilines is 1. The number of amides is 1. The summed E-state index contributed by atoms with van der Waals surface area (Å²) in [5.74, 6) is -0.126. The second-order valence-corrected chi connectivity index (χ2v) is 8.92. The number of benzene rings is 3. The van der Waals surface area contributed by atoms with Crippen LogP contribution in [0.15, 0.2) is 78.0 Å². The second-order valence-electron chi connectivity index (χ2n) is 7.13. The van der Waals surface area contributed by atoms with Gasteiger partial charge in [-0.2, -0.15) is 0 Å². The highest BCUT2D eigenvalue weighted by Gasteiger charge is 2.18. The molecule has 0 saturated carbocycles. The fourth-order valence-corrected chi connectivity index (χ4v) is 4.45. The molecule has 3 aromatic carbocycles. The van der Waals surface area contributed by atoms with Crippen LogP contribution in [-0.4, -0.2) is 26.4 Å². The number of halogens is 3. The first-order chi connectivity index (χ1) is 16.0. The number of aryl methyl sites for hydroxylation is 1. The topological polar surface area (TPSA) is 59.8 Å². The number of rotatable bonds is 8. The van der Waals surface area contributed by atoms with E-state index in [1.165, 1.54) is 17.8 Å². The Labute approximate surface area is 204 Å². The minimum Gasteiger partial charge on any atom is -0.324 e. The van der Waals surface area contributed by atoms with Crippen molar-refractivity contribution in [1.82, 2.24) is 14.8 Å². The van der Waals surface area contributed by atoms with Gasteiger partial charge in [0, 0.05) is 11.6 Å². The number of nitrogens with one attached hydrogen (secondary N) is 1. The summed E-state index contributed by atoms with van der Waals surface area (Å²) < 4.78 is 16.3. The van der Waals surface area contributed by atoms with Crippen LogP contribution in [0.2, 0.25) is 10.0 Å². The molecule has 1 N–H and O–H groups in total. The highest BCUT2D eigenvalue weighted by molar-refractivity contribution is 7.99. The van der Waals surface area contributed by atoms with Gasteiger partial charge < -0.3 is 9.88 Å². The Balaban J connectivity index is 1.53. The molecule has 0 aliphatic carbocycles. The van der Waals surface area contributed by atoms with Crippen LogP contribution in [-0.2, 0) is 17.8 Å². The van der Waals surface area contributed by atoms with Gasteiger partial charge in [-0.1, -0.05) is 77.4 Å². The van der Waals surface area contributed by atoms with Crippen LogP contribution in [0.5, 0.6) is 0 Å². The second kappa shape index (κ2) is 10.8. The van der Waals surface area contributed by atoms with E-state index in [0.29, 0.717) is 45.2 Å². The third kappa shape index (κ3) is 5.93. The lowest BCUT2D eigenvalue weighted by atomic mass is 10.1. The van der Waals surface area contributed by atoms with Gasteiger partial charge >= 0.3 is 0 Å². The molecule has 0 bridgehead atoms. The van der Waals surface area contributed by atoms with Crippen molar-refractivity contribution in [1.29, 1.82) is 0 Å². The molecule has 0 saturated heterocycles. The molecule has 0 aliphatic rings. The number of thioether (sulfide) groups is 1. The molecule has 9 heteroatoms. The summed E-state index contributed by atoms with van der Waals surface area (Å²) in [6, 6.07) is 21.3. The van der Waals surface area contributed by atoms with Crippen molar-refractivity contribution in [3.8, 4) is 11.4 Å². The predicted molar refractivity (Wildman–Crippen MR) is 131 cm³/mol. The number of carbonyl (C=O) groups excluding carboxylic acids is 1. The maximum Gasteiger partial charge on any atom is 0.234 e. The van der Waals surface area contributed by atoms with Crippen molar-refractivity contribution in [3.63, 3.8) is 0 Å². The molecule has 4 rings (SSSR count). The molecule has 33 heavy (non-hydrogen) atoms. The van der Waals surface area contributed by atoms with E-state index in [4.69, 9.17) is 23.2 Å². The van der Waals surface area contributed by atoms with Gasteiger partial charge in [0.1, 0.15) is 5.82 Å². The largest absolute Gasteiger partial charge is 0.324 e. The van der Waals surface area contributed by atoms with Gasteiger partial charge in [0.05, 0.1) is 22.0 Å². The van der Waals surface area contributed by atoms with E-state index < -0.39 is 0 Å². The third-order valence-corrected chi connectivity index (χ3v) is 6.35. The number of hydrogen-bond donors (Lipinski definition) is 1. The minimum atomic E-state index is -0.377. The van der Waals surface area contributed by atoms with E-state index in [-0.39, 0.29) is 17.5 Å². The van der Waals surface area contributed by atoms with Crippen LogP contribution in [0.3, 0.4) is 0 Å². The Bertz CT molecular complexity index is 1270. The summed E-state index contributed by atoms with van der Waals surface area (Å²) in [4.78, 5) is 12.5. The van der Waals surface area contributed by atoms with Gasteiger partial charge in [-0.15, -0.1) is 10.2 Å². The van der Waals surface area contributed by atoms with Crippen molar-refractivity contribution < 1.29 is 9.18 Å². The van der Waals surface area contributed by atoms with Crippen LogP contribution in [0.4, 0.5) is 10.1 Å². The Hall–Kier alpha value is -2.87. The Morgan fingerprint density at radius 3 is 2.52 bits per heavy atom. The van der Waals surface area contributed by atoms with Crippen molar-refractivity contribution in [2.75, 3.05) is 11.1 Å². The SMILES string of the molecule is O=C(CSc1nnc(-c2ccccc2F)n1CCc1ccccc1)Nc1ccc(Cl)cc1Cl. The van der Waals surface area contributed by atoms with Crippen molar-refractivity contribution in [2.24, 2.45) is 0 Å². The van der Waals surface area contributed by atoms with Crippen LogP contribution in [0, 0.1) is 5.82 Å². The van der Waals surface area contributed by atoms with Crippen LogP contribution in [0.25, 0.3) is 11.4 Å². The number of aromatic nitrogens is 3. The molecule has 0 atom stereocenters. The molecule has 5 nitrogen and oxygen atoms in total. The molecule has 1 aromatic heterocycles. The molecule has 1 heterocycles. The first kappa shape index (κ1) is 23.3. The summed E-state index contributed by atoms with van der Waals surface area (Å²) in [6.07, 6.45) is 0.709. The van der Waals surface area contributed by atoms with Crippen molar-refractivity contribution in [3.05, 3.63) is 94.2 Å². The zero-order chi connectivity index (χ0) is 23.2. The van der Waals surface area contributed by atoms with Crippen LogP contribution < -0.4 is 5.32 Å². The first-order valence-corrected chi connectivity index (χ1v) is 11.8. The molecule has 0 radical (unpaired) electrons. The Morgan fingerprint density at radius 2 is 1.76 bits per heavy atom. The predicted octanol–water partition coefficient (Wildman–Crippen LogP) is 6.36. The molecule has 4 aromatic rings. The lowest BCUT2D eigenvalue weighted by Crippen LogP contribution is -2.15. The summed E-state index contributed by atoms with van der Waals surface area (Å²) in [5.41, 5.74) is 1.98. The average Bonchev–Trinajstić information content (AvgIpc) is 3.21. The van der Waals surface area contributed by atoms with Gasteiger partial charge in [-0.25, -0.2) is 4.39 Å². The molecule has 1 amide bonds. The maximum absolute atomic E-state index is 14.5. The Kier molecular flexibility index (Phi) is 7.65. The van der Waals surface area contributed by atoms with E-state index in [9.17, 15) is 9.18 Å². The van der Waals surface area contributed by atoms with Gasteiger partial charge in [0.15, 0.2) is 11.0 Å². The summed E-state index contributed by atoms with van der Waals surface area (Å²) in [6.45, 7) is 0.535. The molecule has 0 spiro atoms. The summed E-state index contributed by atoms with van der Waals surface area (Å²) in [5, 5.41) is 12.6. The minimum absolute atomic E-state index is 0.0830. The maximum atomic E-state index is 14.5. The first-order valence-electron chi connectivity index (χ1n) is 10.1. The fourth-order valence-electron chi connectivity index (χ4n) is 3.23. The van der Waals surface area contributed by atoms with Gasteiger partial charge in [-0.05, 0) is 42.3 Å². The average molecular weight is 501 g/mol. The number of nitrogens with zero attached hydrogens (tertiary/aromatic N) is 3. The van der Waals surface area contributed by atoms with Gasteiger partial charge in [-0.3, -0.25) is 4.79 Å². The zero-order valence-electron chi connectivity index (χ0n) is 17.3. The molecular weight excluding hydrogens is 482 g/mol. The Morgan fingerprint density at radius 1 is 1.00 bits per heavy atom. The van der Waals surface area contributed by atoms with Crippen LogP contribution in [0.1, 0.15) is 5.56 Å². The highest BCUT2D eigenvalue weighted by atomic mass is 35.5. The lowest BCUT2D eigenvalue weighted by molar-refractivity contribution is -0.113. The van der Waals surface area contributed by atoms with Gasteiger partial charge in [0.2, 0.25) is 5.91 Å². The zero-order valence-corrected chi connectivity index (χ0v) is 19.7. The standard InChI is InChI=1S/C24H19Cl2FN4OS/c25-17-10-11-21(19(26)14-17)28-22(32)15-33-24-30-29-23(18-8-4-5-9-20(18)27)31(24)13-12-16-6-2-1-3-7-16/h1-11,14H,12-13,15H2,(H,28,32). The van der Waals surface area contributed by atoms with E-state index in [1.807, 2.05) is 34.9 Å². The van der Waals surface area contributed by atoms with E-state index in [0.717, 1.165) is 5.56 Å². The molecular formula is C24H19Cl2FN4OS. The number of hydrogen-bond acceptors (Lipinski definition) is 4. The van der Waals surface area contributed by atoms with Crippen molar-refractivity contribution in [2.45, 2.75) is 18.1 Å². The molecule has 0 aliphatic heterocycles. The molecule has 0 unspecified atom stereocenters. The monoisotopic (exact) mass is 500 g/mol. The van der Waals surface area contributed by atoms with Crippen molar-refractivity contribution >= 4 is 46.6 Å². The normalized spacial score (nSPS) is 10.9. The van der Waals surface area contributed by atoms with E-state index in [2.05, 4.69) is 15.5 Å². The highest BCUT2D eigenvalue weighted by Crippen LogP contribution is 2.28. The molecule has 0 fully saturated rings. The van der Waals surface area contributed by atoms with E-state index in [1.54, 1.807) is 36.4 Å². The quantitative estimate of drug-likeness (QED) is 0.285. The summed E-state index contributed by atoms with van der Waals surface area (Å²) in [7, 11) is 0. The van der Waals surface area contributed by atoms with Gasteiger partial charge in [0.25, 0.3) is 0 Å². The van der Waals surface area contributed by atoms with E-state index >= 15 is 0 Å². The third-order valence-electron chi connectivity index (χ3n) is 4.84. The number of carbonyl (C=O) groups is 1. The summed E-state index contributed by atoms with van der Waals surface area (Å²) >= 11 is 13.3.